The Bertz CT molecular complexity index is 803. The second-order valence-corrected chi connectivity index (χ2v) is 7.22. The average Bonchev–Trinajstić information content (AvgIpc) is 2.99. The van der Waals surface area contributed by atoms with Gasteiger partial charge in [-0.1, -0.05) is 12.1 Å². The first-order valence-corrected chi connectivity index (χ1v) is 8.99. The van der Waals surface area contributed by atoms with E-state index in [0.717, 1.165) is 0 Å². The van der Waals surface area contributed by atoms with Crippen LogP contribution in [-0.4, -0.2) is 48.6 Å². The van der Waals surface area contributed by atoms with Gasteiger partial charge >= 0.3 is 0 Å². The first-order chi connectivity index (χ1) is 11.5. The molecular weight excluding hydrogens is 335 g/mol. The van der Waals surface area contributed by atoms with E-state index in [1.54, 1.807) is 36.1 Å². The minimum Gasteiger partial charge on any atom is -0.379 e. The molecule has 2 heterocycles. The minimum absolute atomic E-state index is 0.284. The van der Waals surface area contributed by atoms with Crippen LogP contribution in [0.2, 0.25) is 0 Å². The van der Waals surface area contributed by atoms with Crippen LogP contribution in [0.1, 0.15) is 17.4 Å². The smallest absolute Gasteiger partial charge is 0.280 e. The molecule has 24 heavy (non-hydrogen) atoms. The third-order valence-electron chi connectivity index (χ3n) is 3.88. The number of halogens is 1. The third-order valence-corrected chi connectivity index (χ3v) is 5.45. The lowest BCUT2D eigenvalue weighted by Crippen LogP contribution is -2.48. The Hall–Kier alpha value is -1.81. The maximum absolute atomic E-state index is 13.6. The Morgan fingerprint density at radius 3 is 2.71 bits per heavy atom. The molecule has 0 radical (unpaired) electrons. The van der Waals surface area contributed by atoms with Crippen LogP contribution in [0.3, 0.4) is 0 Å². The van der Waals surface area contributed by atoms with Gasteiger partial charge in [0.15, 0.2) is 0 Å². The van der Waals surface area contributed by atoms with E-state index in [9.17, 15) is 12.8 Å². The molecule has 1 aliphatic heterocycles. The van der Waals surface area contributed by atoms with Crippen molar-refractivity contribution < 1.29 is 17.5 Å². The summed E-state index contributed by atoms with van der Waals surface area (Å²) < 4.78 is 49.9. The molecule has 1 atom stereocenters. The molecule has 1 aliphatic rings. The molecule has 0 amide bonds. The normalized spacial score (nSPS) is 17.8. The molecule has 1 aromatic heterocycles. The molecule has 1 saturated heterocycles. The summed E-state index contributed by atoms with van der Waals surface area (Å²) in [6, 6.07) is 5.05. The van der Waals surface area contributed by atoms with Crippen LogP contribution < -0.4 is 4.72 Å². The predicted molar refractivity (Wildman–Crippen MR) is 85.9 cm³/mol. The summed E-state index contributed by atoms with van der Waals surface area (Å²) >= 11 is 0. The van der Waals surface area contributed by atoms with Crippen molar-refractivity contribution in [3.63, 3.8) is 0 Å². The summed E-state index contributed by atoms with van der Waals surface area (Å²) in [5.41, 5.74) is 0.487. The number of hydrogen-bond donors (Lipinski definition) is 1. The fourth-order valence-corrected chi connectivity index (χ4v) is 3.94. The van der Waals surface area contributed by atoms with Crippen LogP contribution in [0.4, 0.5) is 4.39 Å². The highest BCUT2D eigenvalue weighted by atomic mass is 32.2. The van der Waals surface area contributed by atoms with Gasteiger partial charge < -0.3 is 9.30 Å². The molecule has 0 unspecified atom stereocenters. The lowest BCUT2D eigenvalue weighted by atomic mass is 10.1. The van der Waals surface area contributed by atoms with Crippen molar-refractivity contribution in [2.24, 2.45) is 7.05 Å². The number of morpholine rings is 1. The maximum Gasteiger partial charge on any atom is 0.280 e. The highest BCUT2D eigenvalue weighted by Gasteiger charge is 2.30. The highest BCUT2D eigenvalue weighted by Crippen LogP contribution is 2.23. The fourth-order valence-electron chi connectivity index (χ4n) is 2.62. The molecule has 1 fully saturated rings. The van der Waals surface area contributed by atoms with Gasteiger partial charge in [0.2, 0.25) is 0 Å². The number of ether oxygens (including phenoxy) is 1. The zero-order valence-electron chi connectivity index (χ0n) is 13.2. The van der Waals surface area contributed by atoms with Crippen LogP contribution in [0, 0.1) is 5.82 Å². The van der Waals surface area contributed by atoms with Crippen molar-refractivity contribution in [3.05, 3.63) is 53.9 Å². The van der Waals surface area contributed by atoms with Gasteiger partial charge in [0.05, 0.1) is 13.2 Å². The van der Waals surface area contributed by atoms with Gasteiger partial charge in [-0.2, -0.15) is 17.4 Å². The molecule has 7 nitrogen and oxygen atoms in total. The molecule has 1 aromatic carbocycles. The zero-order valence-corrected chi connectivity index (χ0v) is 14.0. The van der Waals surface area contributed by atoms with Crippen LogP contribution >= 0.6 is 0 Å². The largest absolute Gasteiger partial charge is 0.379 e. The van der Waals surface area contributed by atoms with Crippen molar-refractivity contribution in [2.75, 3.05) is 26.3 Å². The zero-order chi connectivity index (χ0) is 17.2. The Kier molecular flexibility index (Phi) is 4.95. The lowest BCUT2D eigenvalue weighted by Gasteiger charge is -2.28. The maximum atomic E-state index is 13.6. The standard InChI is InChI=1S/C15H19FN4O3S/c1-19-6-5-17-15(19)14(12-3-2-4-13(16)11-12)18-24(21,22)20-7-9-23-10-8-20/h2-6,11,14,18H,7-10H2,1H3/t14-/m0/s1. The summed E-state index contributed by atoms with van der Waals surface area (Å²) in [7, 11) is -2.00. The first-order valence-electron chi connectivity index (χ1n) is 7.55. The van der Waals surface area contributed by atoms with E-state index in [2.05, 4.69) is 9.71 Å². The average molecular weight is 354 g/mol. The third kappa shape index (κ3) is 3.64. The molecule has 9 heteroatoms. The van der Waals surface area contributed by atoms with E-state index >= 15 is 0 Å². The van der Waals surface area contributed by atoms with Crippen molar-refractivity contribution in [3.8, 4) is 0 Å². The van der Waals surface area contributed by atoms with Gasteiger partial charge in [-0.05, 0) is 17.7 Å². The van der Waals surface area contributed by atoms with Gasteiger partial charge in [0.25, 0.3) is 10.2 Å². The van der Waals surface area contributed by atoms with E-state index in [1.807, 2.05) is 0 Å². The van der Waals surface area contributed by atoms with E-state index < -0.39 is 22.1 Å². The molecule has 0 saturated carbocycles. The monoisotopic (exact) mass is 354 g/mol. The second kappa shape index (κ2) is 6.98. The van der Waals surface area contributed by atoms with Crippen LogP contribution in [0.25, 0.3) is 0 Å². The van der Waals surface area contributed by atoms with E-state index in [1.165, 1.54) is 16.4 Å². The van der Waals surface area contributed by atoms with Crippen molar-refractivity contribution in [1.29, 1.82) is 0 Å². The molecule has 1 N–H and O–H groups in total. The Morgan fingerprint density at radius 1 is 1.33 bits per heavy atom. The van der Waals surface area contributed by atoms with Gasteiger partial charge in [0.1, 0.15) is 17.7 Å². The summed E-state index contributed by atoms with van der Waals surface area (Å²) in [5, 5.41) is 0. The van der Waals surface area contributed by atoms with Crippen molar-refractivity contribution in [1.82, 2.24) is 18.6 Å². The number of imidazole rings is 1. The lowest BCUT2D eigenvalue weighted by molar-refractivity contribution is 0.0723. The van der Waals surface area contributed by atoms with E-state index in [4.69, 9.17) is 4.74 Å². The summed E-state index contributed by atoms with van der Waals surface area (Å²) in [6.45, 7) is 1.28. The van der Waals surface area contributed by atoms with Gasteiger partial charge in [-0.3, -0.25) is 0 Å². The van der Waals surface area contributed by atoms with E-state index in [-0.39, 0.29) is 13.1 Å². The van der Waals surface area contributed by atoms with Crippen LogP contribution in [-0.2, 0) is 22.0 Å². The Labute approximate surface area is 140 Å². The SMILES string of the molecule is Cn1ccnc1[C@@H](NS(=O)(=O)N1CCOCC1)c1cccc(F)c1. The fraction of sp³-hybridized carbons (Fsp3) is 0.400. The number of nitrogens with zero attached hydrogens (tertiary/aromatic N) is 3. The Morgan fingerprint density at radius 2 is 2.08 bits per heavy atom. The van der Waals surface area contributed by atoms with E-state index in [0.29, 0.717) is 24.6 Å². The topological polar surface area (TPSA) is 76.5 Å². The summed E-state index contributed by atoms with van der Waals surface area (Å²) in [4.78, 5) is 4.22. The number of benzene rings is 1. The highest BCUT2D eigenvalue weighted by molar-refractivity contribution is 7.87. The quantitative estimate of drug-likeness (QED) is 0.862. The summed E-state index contributed by atoms with van der Waals surface area (Å²) in [5.74, 6) is 0.0507. The van der Waals surface area contributed by atoms with Gasteiger partial charge in [-0.25, -0.2) is 9.37 Å². The minimum atomic E-state index is -3.76. The molecule has 130 valence electrons. The second-order valence-electron chi connectivity index (χ2n) is 5.52. The molecule has 0 aliphatic carbocycles. The Balaban J connectivity index is 1.95. The van der Waals surface area contributed by atoms with Gasteiger partial charge in [0, 0.05) is 32.5 Å². The van der Waals surface area contributed by atoms with Crippen molar-refractivity contribution >= 4 is 10.2 Å². The first kappa shape index (κ1) is 17.0. The van der Waals surface area contributed by atoms with Gasteiger partial charge in [-0.15, -0.1) is 0 Å². The number of aromatic nitrogens is 2. The van der Waals surface area contributed by atoms with Crippen molar-refractivity contribution in [2.45, 2.75) is 6.04 Å². The molecule has 2 aromatic rings. The number of nitrogens with one attached hydrogen (secondary N) is 1. The molecule has 3 rings (SSSR count). The number of hydrogen-bond acceptors (Lipinski definition) is 4. The predicted octanol–water partition coefficient (Wildman–Crippen LogP) is 0.815. The molecule has 0 bridgehead atoms. The number of rotatable bonds is 5. The van der Waals surface area contributed by atoms with Crippen LogP contribution in [0.15, 0.2) is 36.7 Å². The van der Waals surface area contributed by atoms with Crippen LogP contribution in [0.5, 0.6) is 0 Å². The number of aryl methyl sites for hydroxylation is 1. The molecular formula is C15H19FN4O3S. The summed E-state index contributed by atoms with van der Waals surface area (Å²) in [6.07, 6.45) is 3.29. The molecule has 0 spiro atoms.